The van der Waals surface area contributed by atoms with Gasteiger partial charge in [-0.25, -0.2) is 4.98 Å². The van der Waals surface area contributed by atoms with E-state index >= 15 is 0 Å². The maximum absolute atomic E-state index is 13.5. The van der Waals surface area contributed by atoms with Gasteiger partial charge in [-0.15, -0.1) is 0 Å². The second-order valence-electron chi connectivity index (χ2n) is 8.42. The van der Waals surface area contributed by atoms with Gasteiger partial charge in [-0.2, -0.15) is 0 Å². The van der Waals surface area contributed by atoms with Gasteiger partial charge in [0.1, 0.15) is 5.82 Å². The van der Waals surface area contributed by atoms with Gasteiger partial charge in [0, 0.05) is 37.0 Å². The highest BCUT2D eigenvalue weighted by Crippen LogP contribution is 2.43. The molecule has 0 spiro atoms. The van der Waals surface area contributed by atoms with Crippen LogP contribution < -0.4 is 11.1 Å². The Morgan fingerprint density at radius 1 is 1.41 bits per heavy atom. The van der Waals surface area contributed by atoms with Crippen molar-refractivity contribution in [3.8, 4) is 0 Å². The molecule has 2 aliphatic rings. The number of rotatable bonds is 5. The first kappa shape index (κ1) is 19.8. The molecule has 2 saturated heterocycles. The molecule has 2 atom stereocenters. The van der Waals surface area contributed by atoms with Crippen molar-refractivity contribution in [2.24, 2.45) is 5.41 Å². The fraction of sp³-hybridized carbons (Fsp3) is 0.571. The average Bonchev–Trinajstić information content (AvgIpc) is 3.12. The highest BCUT2D eigenvalue weighted by Gasteiger charge is 2.52. The van der Waals surface area contributed by atoms with E-state index in [9.17, 15) is 4.79 Å². The van der Waals surface area contributed by atoms with Crippen molar-refractivity contribution in [2.45, 2.75) is 45.3 Å². The first-order valence-corrected chi connectivity index (χ1v) is 10.3. The average molecular weight is 399 g/mol. The van der Waals surface area contributed by atoms with Crippen LogP contribution in [0.3, 0.4) is 0 Å². The lowest BCUT2D eigenvalue weighted by molar-refractivity contribution is -0.145. The van der Waals surface area contributed by atoms with Gasteiger partial charge < -0.3 is 20.5 Å². The molecule has 4 rings (SSSR count). The summed E-state index contributed by atoms with van der Waals surface area (Å²) in [6.45, 7) is 5.78. The molecule has 2 aromatic heterocycles. The summed E-state index contributed by atoms with van der Waals surface area (Å²) in [5, 5.41) is 7.18. The first-order chi connectivity index (χ1) is 14.0. The SMILES string of the molecule is Cc1cc(CN2CCC[C@@]3(C(=O)NCc4cccnc4N)CCN(C)C[C@H]23)on1. The highest BCUT2D eigenvalue weighted by molar-refractivity contribution is 5.84. The minimum Gasteiger partial charge on any atom is -0.383 e. The lowest BCUT2D eigenvalue weighted by Crippen LogP contribution is -2.65. The number of aromatic nitrogens is 2. The Balaban J connectivity index is 1.53. The van der Waals surface area contributed by atoms with E-state index in [2.05, 4.69) is 32.3 Å². The molecular formula is C21H30N6O2. The maximum Gasteiger partial charge on any atom is 0.228 e. The fourth-order valence-electron chi connectivity index (χ4n) is 4.84. The number of aryl methyl sites for hydroxylation is 1. The molecule has 4 heterocycles. The zero-order valence-electron chi connectivity index (χ0n) is 17.2. The molecule has 0 unspecified atom stereocenters. The molecule has 2 aliphatic heterocycles. The molecule has 0 aromatic carbocycles. The molecule has 156 valence electrons. The van der Waals surface area contributed by atoms with Gasteiger partial charge in [0.05, 0.1) is 17.7 Å². The van der Waals surface area contributed by atoms with Crippen molar-refractivity contribution in [1.29, 1.82) is 0 Å². The maximum atomic E-state index is 13.5. The molecule has 0 saturated carbocycles. The van der Waals surface area contributed by atoms with E-state index in [1.807, 2.05) is 25.1 Å². The number of anilines is 1. The van der Waals surface area contributed by atoms with Crippen LogP contribution in [0.5, 0.6) is 0 Å². The Hall–Kier alpha value is -2.45. The lowest BCUT2D eigenvalue weighted by Gasteiger charge is -2.53. The number of pyridine rings is 1. The van der Waals surface area contributed by atoms with E-state index in [1.165, 1.54) is 0 Å². The largest absolute Gasteiger partial charge is 0.383 e. The van der Waals surface area contributed by atoms with Crippen LogP contribution in [0.15, 0.2) is 28.9 Å². The molecule has 0 aliphatic carbocycles. The summed E-state index contributed by atoms with van der Waals surface area (Å²) in [6.07, 6.45) is 4.42. The number of likely N-dealkylation sites (tertiary alicyclic amines) is 2. The number of nitrogens with zero attached hydrogens (tertiary/aromatic N) is 4. The molecule has 0 radical (unpaired) electrons. The second-order valence-corrected chi connectivity index (χ2v) is 8.42. The van der Waals surface area contributed by atoms with E-state index < -0.39 is 5.41 Å². The van der Waals surface area contributed by atoms with E-state index in [0.717, 1.165) is 55.9 Å². The van der Waals surface area contributed by atoms with Crippen LogP contribution in [0.25, 0.3) is 0 Å². The monoisotopic (exact) mass is 398 g/mol. The summed E-state index contributed by atoms with van der Waals surface area (Å²) in [4.78, 5) is 22.3. The fourth-order valence-corrected chi connectivity index (χ4v) is 4.84. The number of likely N-dealkylation sites (N-methyl/N-ethyl adjacent to an activating group) is 1. The van der Waals surface area contributed by atoms with E-state index in [4.69, 9.17) is 10.3 Å². The summed E-state index contributed by atoms with van der Waals surface area (Å²) < 4.78 is 5.46. The molecule has 0 bridgehead atoms. The summed E-state index contributed by atoms with van der Waals surface area (Å²) in [7, 11) is 2.13. The van der Waals surface area contributed by atoms with Gasteiger partial charge in [0.15, 0.2) is 5.76 Å². The topological polar surface area (TPSA) is 101 Å². The molecule has 2 aromatic rings. The number of nitrogen functional groups attached to an aromatic ring is 1. The Bertz CT molecular complexity index is 868. The molecule has 8 heteroatoms. The van der Waals surface area contributed by atoms with Crippen LogP contribution in [0.1, 0.15) is 36.3 Å². The highest BCUT2D eigenvalue weighted by atomic mass is 16.5. The van der Waals surface area contributed by atoms with Gasteiger partial charge in [-0.3, -0.25) is 9.69 Å². The zero-order chi connectivity index (χ0) is 20.4. The number of carbonyl (C=O) groups excluding carboxylic acids is 1. The third-order valence-corrected chi connectivity index (χ3v) is 6.42. The van der Waals surface area contributed by atoms with Crippen LogP contribution in [-0.4, -0.2) is 58.6 Å². The molecule has 8 nitrogen and oxygen atoms in total. The number of amides is 1. The Kier molecular flexibility index (Phi) is 5.56. The second kappa shape index (κ2) is 8.12. The number of piperidine rings is 2. The normalized spacial score (nSPS) is 25.5. The predicted octanol–water partition coefficient (Wildman–Crippen LogP) is 1.56. The Morgan fingerprint density at radius 3 is 3.03 bits per heavy atom. The third-order valence-electron chi connectivity index (χ3n) is 6.42. The predicted molar refractivity (Wildman–Crippen MR) is 110 cm³/mol. The summed E-state index contributed by atoms with van der Waals surface area (Å²) in [5.41, 5.74) is 7.30. The van der Waals surface area contributed by atoms with Gasteiger partial charge in [0.2, 0.25) is 5.91 Å². The van der Waals surface area contributed by atoms with Gasteiger partial charge in [-0.05, 0) is 52.4 Å². The van der Waals surface area contributed by atoms with Crippen molar-refractivity contribution < 1.29 is 9.32 Å². The van der Waals surface area contributed by atoms with E-state index in [-0.39, 0.29) is 11.9 Å². The van der Waals surface area contributed by atoms with Crippen molar-refractivity contribution >= 4 is 11.7 Å². The molecular weight excluding hydrogens is 368 g/mol. The summed E-state index contributed by atoms with van der Waals surface area (Å²) in [6, 6.07) is 5.88. The molecule has 2 fully saturated rings. The number of fused-ring (bicyclic) bond motifs is 1. The Morgan fingerprint density at radius 2 is 2.28 bits per heavy atom. The van der Waals surface area contributed by atoms with Gasteiger partial charge >= 0.3 is 0 Å². The third kappa shape index (κ3) is 4.00. The number of hydrogen-bond donors (Lipinski definition) is 2. The smallest absolute Gasteiger partial charge is 0.228 e. The summed E-state index contributed by atoms with van der Waals surface area (Å²) in [5.74, 6) is 1.45. The van der Waals surface area contributed by atoms with Crippen LogP contribution in [-0.2, 0) is 17.9 Å². The van der Waals surface area contributed by atoms with Crippen LogP contribution in [0, 0.1) is 12.3 Å². The van der Waals surface area contributed by atoms with Crippen LogP contribution in [0.2, 0.25) is 0 Å². The minimum atomic E-state index is -0.392. The van der Waals surface area contributed by atoms with Crippen molar-refractivity contribution in [1.82, 2.24) is 25.3 Å². The van der Waals surface area contributed by atoms with Crippen molar-refractivity contribution in [2.75, 3.05) is 32.4 Å². The van der Waals surface area contributed by atoms with Crippen molar-refractivity contribution in [3.63, 3.8) is 0 Å². The van der Waals surface area contributed by atoms with Gasteiger partial charge in [-0.1, -0.05) is 11.2 Å². The van der Waals surface area contributed by atoms with Crippen LogP contribution >= 0.6 is 0 Å². The van der Waals surface area contributed by atoms with E-state index in [0.29, 0.717) is 18.9 Å². The molecule has 29 heavy (non-hydrogen) atoms. The Labute approximate surface area is 171 Å². The summed E-state index contributed by atoms with van der Waals surface area (Å²) >= 11 is 0. The molecule has 3 N–H and O–H groups in total. The number of hydrogen-bond acceptors (Lipinski definition) is 7. The number of nitrogens with two attached hydrogens (primary N) is 1. The zero-order valence-corrected chi connectivity index (χ0v) is 17.2. The quantitative estimate of drug-likeness (QED) is 0.788. The molecule has 1 amide bonds. The lowest BCUT2D eigenvalue weighted by atomic mass is 9.67. The first-order valence-electron chi connectivity index (χ1n) is 10.3. The standard InChI is InChI=1S/C21H30N6O2/c1-15-11-17(29-25-15)13-27-9-4-6-21(7-10-26(2)14-18(21)27)20(28)24-12-16-5-3-8-23-19(16)22/h3,5,8,11,18H,4,6-7,9-10,12-14H2,1-2H3,(H2,22,23)(H,24,28)/t18-,21+/m0/s1. The number of carbonyl (C=O) groups is 1. The van der Waals surface area contributed by atoms with Crippen LogP contribution in [0.4, 0.5) is 5.82 Å². The minimum absolute atomic E-state index is 0.123. The van der Waals surface area contributed by atoms with E-state index in [1.54, 1.807) is 6.20 Å². The van der Waals surface area contributed by atoms with Crippen molar-refractivity contribution in [3.05, 3.63) is 41.4 Å². The number of nitrogens with one attached hydrogen (secondary N) is 1. The van der Waals surface area contributed by atoms with Gasteiger partial charge in [0.25, 0.3) is 0 Å².